The summed E-state index contributed by atoms with van der Waals surface area (Å²) >= 11 is 0. The molecular weight excluding hydrogens is 262 g/mol. The smallest absolute Gasteiger partial charge is 0.338 e. The van der Waals surface area contributed by atoms with Crippen LogP contribution >= 0.6 is 0 Å². The highest BCUT2D eigenvalue weighted by molar-refractivity contribution is 5.89. The largest absolute Gasteiger partial charge is 0.462 e. The first-order valence-corrected chi connectivity index (χ1v) is 7.25. The predicted molar refractivity (Wildman–Crippen MR) is 84.1 cm³/mol. The van der Waals surface area contributed by atoms with Gasteiger partial charge in [0.1, 0.15) is 0 Å². The average molecular weight is 283 g/mol. The van der Waals surface area contributed by atoms with Crippen molar-refractivity contribution in [3.8, 4) is 0 Å². The third kappa shape index (κ3) is 4.43. The Labute approximate surface area is 126 Å². The van der Waals surface area contributed by atoms with Gasteiger partial charge in [-0.25, -0.2) is 4.79 Å². The maximum atomic E-state index is 11.6. The fourth-order valence-corrected chi connectivity index (χ4v) is 2.11. The Morgan fingerprint density at radius 2 is 1.76 bits per heavy atom. The normalized spacial score (nSPS) is 11.9. The molecular formula is C18H21NO2. The monoisotopic (exact) mass is 283 g/mol. The number of rotatable bonds is 6. The van der Waals surface area contributed by atoms with Crippen molar-refractivity contribution < 1.29 is 9.53 Å². The van der Waals surface area contributed by atoms with Gasteiger partial charge in [-0.2, -0.15) is 0 Å². The van der Waals surface area contributed by atoms with Crippen molar-refractivity contribution in [2.24, 2.45) is 0 Å². The minimum atomic E-state index is -0.269. The van der Waals surface area contributed by atoms with Gasteiger partial charge in [0.15, 0.2) is 0 Å². The number of ether oxygens (including phenoxy) is 1. The fraction of sp³-hybridized carbons (Fsp3) is 0.278. The van der Waals surface area contributed by atoms with Crippen LogP contribution in [0.5, 0.6) is 0 Å². The van der Waals surface area contributed by atoms with Gasteiger partial charge in [-0.05, 0) is 37.1 Å². The molecule has 110 valence electrons. The van der Waals surface area contributed by atoms with Crippen LogP contribution in [0.4, 0.5) is 0 Å². The summed E-state index contributed by atoms with van der Waals surface area (Å²) in [7, 11) is 0. The lowest BCUT2D eigenvalue weighted by Crippen LogP contribution is -2.18. The number of hydrogen-bond acceptors (Lipinski definition) is 3. The van der Waals surface area contributed by atoms with Crippen LogP contribution in [-0.4, -0.2) is 12.6 Å². The molecule has 0 saturated carbocycles. The van der Waals surface area contributed by atoms with E-state index in [9.17, 15) is 4.79 Å². The van der Waals surface area contributed by atoms with Gasteiger partial charge in [0.2, 0.25) is 0 Å². The van der Waals surface area contributed by atoms with Crippen LogP contribution in [0.25, 0.3) is 0 Å². The molecule has 3 nitrogen and oxygen atoms in total. The first-order valence-electron chi connectivity index (χ1n) is 7.25. The van der Waals surface area contributed by atoms with Gasteiger partial charge >= 0.3 is 5.97 Å². The molecule has 2 aromatic rings. The van der Waals surface area contributed by atoms with Crippen molar-refractivity contribution >= 4 is 5.97 Å². The summed E-state index contributed by atoms with van der Waals surface area (Å²) in [6.07, 6.45) is 0. The molecule has 2 aromatic carbocycles. The van der Waals surface area contributed by atoms with Gasteiger partial charge in [-0.15, -0.1) is 0 Å². The minimum absolute atomic E-state index is 0.224. The van der Waals surface area contributed by atoms with Crippen molar-refractivity contribution in [3.63, 3.8) is 0 Å². The van der Waals surface area contributed by atoms with Gasteiger partial charge < -0.3 is 10.1 Å². The van der Waals surface area contributed by atoms with Crippen molar-refractivity contribution in [1.29, 1.82) is 0 Å². The highest BCUT2D eigenvalue weighted by Crippen LogP contribution is 2.15. The molecule has 0 aromatic heterocycles. The second kappa shape index (κ2) is 7.60. The second-order valence-electron chi connectivity index (χ2n) is 4.93. The Morgan fingerprint density at radius 1 is 1.10 bits per heavy atom. The highest BCUT2D eigenvalue weighted by atomic mass is 16.5. The topological polar surface area (TPSA) is 38.3 Å². The minimum Gasteiger partial charge on any atom is -0.462 e. The van der Waals surface area contributed by atoms with Crippen LogP contribution in [0.1, 0.15) is 41.4 Å². The number of nitrogens with one attached hydrogen (secondary N) is 1. The molecule has 0 amide bonds. The first-order chi connectivity index (χ1) is 10.2. The van der Waals surface area contributed by atoms with Gasteiger partial charge in [0.25, 0.3) is 0 Å². The summed E-state index contributed by atoms with van der Waals surface area (Å²) < 4.78 is 4.98. The standard InChI is InChI=1S/C18H21NO2/c1-3-21-18(20)17-11-9-16(10-12-17)14(2)19-13-15-7-5-4-6-8-15/h4-12,14,19H,3,13H2,1-2H3. The Bertz CT molecular complexity index is 564. The van der Waals surface area contributed by atoms with Crippen LogP contribution in [0, 0.1) is 0 Å². The van der Waals surface area contributed by atoms with E-state index < -0.39 is 0 Å². The third-order valence-corrected chi connectivity index (χ3v) is 3.38. The van der Waals surface area contributed by atoms with Crippen molar-refractivity contribution in [3.05, 3.63) is 71.3 Å². The van der Waals surface area contributed by atoms with Gasteiger partial charge in [0.05, 0.1) is 12.2 Å². The molecule has 0 heterocycles. The average Bonchev–Trinajstić information content (AvgIpc) is 2.54. The molecule has 0 aliphatic carbocycles. The van der Waals surface area contributed by atoms with Crippen molar-refractivity contribution in [2.45, 2.75) is 26.4 Å². The van der Waals surface area contributed by atoms with Crippen molar-refractivity contribution in [2.75, 3.05) is 6.61 Å². The first kappa shape index (κ1) is 15.3. The summed E-state index contributed by atoms with van der Waals surface area (Å²) in [4.78, 5) is 11.6. The molecule has 3 heteroatoms. The lowest BCUT2D eigenvalue weighted by molar-refractivity contribution is 0.0526. The maximum Gasteiger partial charge on any atom is 0.338 e. The Hall–Kier alpha value is -2.13. The summed E-state index contributed by atoms with van der Waals surface area (Å²) in [6.45, 7) is 5.14. The van der Waals surface area contributed by atoms with E-state index in [1.165, 1.54) is 5.56 Å². The van der Waals surface area contributed by atoms with E-state index in [0.29, 0.717) is 12.2 Å². The molecule has 0 aliphatic rings. The van der Waals surface area contributed by atoms with Gasteiger partial charge in [0, 0.05) is 12.6 Å². The summed E-state index contributed by atoms with van der Waals surface area (Å²) in [5, 5.41) is 3.47. The fourth-order valence-electron chi connectivity index (χ4n) is 2.11. The van der Waals surface area contributed by atoms with Crippen LogP contribution in [0.15, 0.2) is 54.6 Å². The molecule has 1 atom stereocenters. The van der Waals surface area contributed by atoms with Crippen LogP contribution in [0.3, 0.4) is 0 Å². The zero-order valence-corrected chi connectivity index (χ0v) is 12.5. The Kier molecular flexibility index (Phi) is 5.52. The van der Waals surface area contributed by atoms with Gasteiger partial charge in [-0.3, -0.25) is 0 Å². The SMILES string of the molecule is CCOC(=O)c1ccc(C(C)NCc2ccccc2)cc1. The number of benzene rings is 2. The summed E-state index contributed by atoms with van der Waals surface area (Å²) in [6, 6.07) is 18.1. The Morgan fingerprint density at radius 3 is 2.38 bits per heavy atom. The van der Waals surface area contributed by atoms with E-state index >= 15 is 0 Å². The predicted octanol–water partition coefficient (Wildman–Crippen LogP) is 3.71. The van der Waals surface area contributed by atoms with Crippen LogP contribution in [0.2, 0.25) is 0 Å². The van der Waals surface area contributed by atoms with E-state index in [1.807, 2.05) is 49.4 Å². The number of carbonyl (C=O) groups is 1. The zero-order valence-electron chi connectivity index (χ0n) is 12.5. The molecule has 0 aliphatic heterocycles. The molecule has 0 spiro atoms. The lowest BCUT2D eigenvalue weighted by Gasteiger charge is -2.14. The van der Waals surface area contributed by atoms with E-state index in [-0.39, 0.29) is 12.0 Å². The lowest BCUT2D eigenvalue weighted by atomic mass is 10.1. The summed E-state index contributed by atoms with van der Waals surface area (Å²) in [5.41, 5.74) is 3.00. The highest BCUT2D eigenvalue weighted by Gasteiger charge is 2.08. The van der Waals surface area contributed by atoms with Crippen molar-refractivity contribution in [1.82, 2.24) is 5.32 Å². The number of carbonyl (C=O) groups excluding carboxylic acids is 1. The number of esters is 1. The van der Waals surface area contributed by atoms with E-state index in [0.717, 1.165) is 12.1 Å². The summed E-state index contributed by atoms with van der Waals surface area (Å²) in [5.74, 6) is -0.269. The molecule has 0 saturated heterocycles. The van der Waals surface area contributed by atoms with Gasteiger partial charge in [-0.1, -0.05) is 42.5 Å². The molecule has 0 fully saturated rings. The van der Waals surface area contributed by atoms with E-state index in [4.69, 9.17) is 4.74 Å². The number of hydrogen-bond donors (Lipinski definition) is 1. The molecule has 0 radical (unpaired) electrons. The molecule has 1 unspecified atom stereocenters. The van der Waals surface area contributed by atoms with E-state index in [2.05, 4.69) is 24.4 Å². The quantitative estimate of drug-likeness (QED) is 0.821. The molecule has 2 rings (SSSR count). The molecule has 1 N–H and O–H groups in total. The maximum absolute atomic E-state index is 11.6. The van der Waals surface area contributed by atoms with E-state index in [1.54, 1.807) is 0 Å². The van der Waals surface area contributed by atoms with Crippen LogP contribution < -0.4 is 5.32 Å². The molecule has 0 bridgehead atoms. The van der Waals surface area contributed by atoms with Crippen LogP contribution in [-0.2, 0) is 11.3 Å². The third-order valence-electron chi connectivity index (χ3n) is 3.38. The molecule has 21 heavy (non-hydrogen) atoms. The Balaban J connectivity index is 1.93. The zero-order chi connectivity index (χ0) is 15.1. The second-order valence-corrected chi connectivity index (χ2v) is 4.93.